The van der Waals surface area contributed by atoms with Crippen molar-refractivity contribution in [3.05, 3.63) is 33.9 Å². The maximum atomic E-state index is 12.6. The lowest BCUT2D eigenvalue weighted by molar-refractivity contribution is -0.386. The summed E-state index contributed by atoms with van der Waals surface area (Å²) in [6.07, 6.45) is -3.32. The van der Waals surface area contributed by atoms with Crippen molar-refractivity contribution >= 4 is 5.69 Å². The van der Waals surface area contributed by atoms with Crippen molar-refractivity contribution in [2.24, 2.45) is 5.92 Å². The van der Waals surface area contributed by atoms with Gasteiger partial charge in [-0.2, -0.15) is 13.2 Å². The smallest absolute Gasteiger partial charge is 0.416 e. The van der Waals surface area contributed by atoms with Crippen molar-refractivity contribution in [2.45, 2.75) is 25.1 Å². The molecule has 0 unspecified atom stereocenters. The van der Waals surface area contributed by atoms with Crippen LogP contribution in [0, 0.1) is 16.0 Å². The van der Waals surface area contributed by atoms with E-state index < -0.39 is 22.4 Å². The van der Waals surface area contributed by atoms with E-state index in [9.17, 15) is 23.3 Å². The number of hydrogen-bond donors (Lipinski definition) is 1. The molecule has 1 N–H and O–H groups in total. The van der Waals surface area contributed by atoms with Crippen molar-refractivity contribution < 1.29 is 22.8 Å². The zero-order valence-corrected chi connectivity index (χ0v) is 11.3. The fourth-order valence-corrected chi connectivity index (χ4v) is 2.34. The Kier molecular flexibility index (Phi) is 4.36. The molecule has 0 amide bonds. The third kappa shape index (κ3) is 3.63. The van der Waals surface area contributed by atoms with Gasteiger partial charge in [0.25, 0.3) is 0 Å². The van der Waals surface area contributed by atoms with Gasteiger partial charge in [0.15, 0.2) is 5.75 Å². The summed E-state index contributed by atoms with van der Waals surface area (Å²) in [4.78, 5) is 10.1. The highest BCUT2D eigenvalue weighted by Gasteiger charge is 2.35. The van der Waals surface area contributed by atoms with Crippen molar-refractivity contribution in [1.29, 1.82) is 0 Å². The number of rotatable bonds is 5. The van der Waals surface area contributed by atoms with Crippen LogP contribution >= 0.6 is 0 Å². The average Bonchev–Trinajstić information content (AvgIpc) is 2.35. The first kappa shape index (κ1) is 15.6. The van der Waals surface area contributed by atoms with Crippen LogP contribution in [-0.4, -0.2) is 24.6 Å². The summed E-state index contributed by atoms with van der Waals surface area (Å²) in [5, 5.41) is 13.9. The second-order valence-corrected chi connectivity index (χ2v) is 5.07. The molecule has 0 aromatic heterocycles. The summed E-state index contributed by atoms with van der Waals surface area (Å²) >= 11 is 0. The molecule has 0 atom stereocenters. The normalized spacial score (nSPS) is 21.7. The Labute approximate surface area is 119 Å². The first-order chi connectivity index (χ1) is 9.81. The van der Waals surface area contributed by atoms with Crippen LogP contribution in [0.3, 0.4) is 0 Å². The lowest BCUT2D eigenvalue weighted by Crippen LogP contribution is -2.38. The minimum atomic E-state index is -4.61. The monoisotopic (exact) mass is 304 g/mol. The van der Waals surface area contributed by atoms with E-state index in [1.165, 1.54) is 0 Å². The summed E-state index contributed by atoms with van der Waals surface area (Å²) in [6.45, 7) is 0.828. The van der Waals surface area contributed by atoms with E-state index >= 15 is 0 Å². The minimum Gasteiger partial charge on any atom is -0.483 e. The molecule has 21 heavy (non-hydrogen) atoms. The van der Waals surface area contributed by atoms with Gasteiger partial charge in [-0.25, -0.2) is 0 Å². The maximum Gasteiger partial charge on any atom is 0.416 e. The number of benzene rings is 1. The number of nitrogens with zero attached hydrogens (tertiary/aromatic N) is 1. The van der Waals surface area contributed by atoms with Gasteiger partial charge in [-0.3, -0.25) is 10.1 Å². The summed E-state index contributed by atoms with van der Waals surface area (Å²) in [6, 6.07) is 2.33. The molecule has 0 radical (unpaired) electrons. The van der Waals surface area contributed by atoms with E-state index in [0.29, 0.717) is 12.0 Å². The van der Waals surface area contributed by atoms with Gasteiger partial charge in [-0.1, -0.05) is 0 Å². The van der Waals surface area contributed by atoms with Gasteiger partial charge in [-0.05, 0) is 44.5 Å². The Morgan fingerprint density at radius 2 is 2.10 bits per heavy atom. The largest absolute Gasteiger partial charge is 0.483 e. The quantitative estimate of drug-likeness (QED) is 0.671. The lowest BCUT2D eigenvalue weighted by Gasteiger charge is -2.35. The molecule has 0 spiro atoms. The van der Waals surface area contributed by atoms with Crippen LogP contribution < -0.4 is 10.1 Å². The zero-order valence-electron chi connectivity index (χ0n) is 11.3. The van der Waals surface area contributed by atoms with Crippen LogP contribution in [0.25, 0.3) is 0 Å². The van der Waals surface area contributed by atoms with Gasteiger partial charge in [0, 0.05) is 6.07 Å². The van der Waals surface area contributed by atoms with Crippen LogP contribution in [0.2, 0.25) is 0 Å². The van der Waals surface area contributed by atoms with Crippen molar-refractivity contribution in [2.75, 3.05) is 13.6 Å². The molecule has 1 aliphatic rings. The van der Waals surface area contributed by atoms with Gasteiger partial charge < -0.3 is 10.1 Å². The summed E-state index contributed by atoms with van der Waals surface area (Å²) in [5.74, 6) is 0.328. The predicted molar refractivity (Wildman–Crippen MR) is 69.2 cm³/mol. The van der Waals surface area contributed by atoms with Crippen molar-refractivity contribution in [3.8, 4) is 5.75 Å². The van der Waals surface area contributed by atoms with E-state index in [1.54, 1.807) is 0 Å². The molecule has 1 aromatic carbocycles. The van der Waals surface area contributed by atoms with Gasteiger partial charge in [0.2, 0.25) is 0 Å². The first-order valence-corrected chi connectivity index (χ1v) is 6.48. The number of nitro benzene ring substituents is 1. The van der Waals surface area contributed by atoms with Gasteiger partial charge in [0.05, 0.1) is 16.6 Å². The third-order valence-corrected chi connectivity index (χ3v) is 3.46. The number of alkyl halides is 3. The summed E-state index contributed by atoms with van der Waals surface area (Å²) in [7, 11) is 1.83. The Morgan fingerprint density at radius 3 is 2.62 bits per heavy atom. The minimum absolute atomic E-state index is 0.110. The summed E-state index contributed by atoms with van der Waals surface area (Å²) < 4.78 is 43.2. The van der Waals surface area contributed by atoms with Crippen LogP contribution in [-0.2, 0) is 6.18 Å². The first-order valence-electron chi connectivity index (χ1n) is 6.48. The van der Waals surface area contributed by atoms with Crippen molar-refractivity contribution in [1.82, 2.24) is 5.32 Å². The molecule has 5 nitrogen and oxygen atoms in total. The highest BCUT2D eigenvalue weighted by Crippen LogP contribution is 2.38. The Balaban J connectivity index is 2.11. The van der Waals surface area contributed by atoms with Crippen molar-refractivity contribution in [3.63, 3.8) is 0 Å². The lowest BCUT2D eigenvalue weighted by atomic mass is 9.82. The second-order valence-electron chi connectivity index (χ2n) is 5.07. The maximum absolute atomic E-state index is 12.6. The number of hydrogen-bond acceptors (Lipinski definition) is 4. The Hall–Kier alpha value is -1.83. The van der Waals surface area contributed by atoms with E-state index in [-0.39, 0.29) is 11.9 Å². The molecular weight excluding hydrogens is 289 g/mol. The SMILES string of the molecule is CNCC1CC(Oc2ccc(C(F)(F)F)cc2[N+](=O)[O-])C1. The molecule has 0 saturated heterocycles. The molecule has 1 saturated carbocycles. The fraction of sp³-hybridized carbons (Fsp3) is 0.538. The van der Waals surface area contributed by atoms with Gasteiger partial charge >= 0.3 is 11.9 Å². The van der Waals surface area contributed by atoms with Crippen LogP contribution in [0.1, 0.15) is 18.4 Å². The molecule has 0 bridgehead atoms. The molecule has 0 aliphatic heterocycles. The van der Waals surface area contributed by atoms with E-state index in [0.717, 1.165) is 31.5 Å². The number of nitro groups is 1. The Morgan fingerprint density at radius 1 is 1.43 bits per heavy atom. The highest BCUT2D eigenvalue weighted by atomic mass is 19.4. The standard InChI is InChI=1S/C13H15F3N2O3/c1-17-7-8-4-10(5-8)21-12-3-2-9(13(14,15)16)6-11(12)18(19)20/h2-3,6,8,10,17H,4-5,7H2,1H3. The predicted octanol–water partition coefficient (Wildman–Crippen LogP) is 2.99. The van der Waals surface area contributed by atoms with E-state index in [1.807, 2.05) is 7.05 Å². The molecular formula is C13H15F3N2O3. The number of nitrogens with one attached hydrogen (secondary N) is 1. The van der Waals surface area contributed by atoms with Gasteiger partial charge in [0.1, 0.15) is 0 Å². The summed E-state index contributed by atoms with van der Waals surface area (Å²) in [5.41, 5.74) is -1.70. The molecule has 1 aromatic rings. The average molecular weight is 304 g/mol. The highest BCUT2D eigenvalue weighted by molar-refractivity contribution is 5.49. The molecule has 1 aliphatic carbocycles. The topological polar surface area (TPSA) is 64.4 Å². The molecule has 8 heteroatoms. The van der Waals surface area contributed by atoms with E-state index in [2.05, 4.69) is 5.32 Å². The van der Waals surface area contributed by atoms with Crippen LogP contribution in [0.15, 0.2) is 18.2 Å². The van der Waals surface area contributed by atoms with E-state index in [4.69, 9.17) is 4.74 Å². The molecule has 1 fully saturated rings. The molecule has 0 heterocycles. The zero-order chi connectivity index (χ0) is 15.6. The second kappa shape index (κ2) is 5.88. The fourth-order valence-electron chi connectivity index (χ4n) is 2.34. The number of ether oxygens (including phenoxy) is 1. The van der Waals surface area contributed by atoms with Crippen LogP contribution in [0.4, 0.5) is 18.9 Å². The van der Waals surface area contributed by atoms with Gasteiger partial charge in [-0.15, -0.1) is 0 Å². The Bertz CT molecular complexity index is 528. The molecule has 2 rings (SSSR count). The third-order valence-electron chi connectivity index (χ3n) is 3.46. The molecule has 116 valence electrons. The van der Waals surface area contributed by atoms with Crippen LogP contribution in [0.5, 0.6) is 5.75 Å². The number of halogens is 3.